The van der Waals surface area contributed by atoms with Crippen molar-refractivity contribution >= 4 is 0 Å². The summed E-state index contributed by atoms with van der Waals surface area (Å²) in [6.07, 6.45) is 8.49. The Balaban J connectivity index is 2.24. The lowest BCUT2D eigenvalue weighted by atomic mass is 9.87. The summed E-state index contributed by atoms with van der Waals surface area (Å²) in [4.78, 5) is 0. The summed E-state index contributed by atoms with van der Waals surface area (Å²) in [5, 5.41) is 3.44. The van der Waals surface area contributed by atoms with Gasteiger partial charge in [-0.25, -0.2) is 0 Å². The fraction of sp³-hybridized carbons (Fsp3) is 0.600. The summed E-state index contributed by atoms with van der Waals surface area (Å²) in [5.41, 5.74) is 2.97. The first-order chi connectivity index (χ1) is 5.38. The molecule has 11 heavy (non-hydrogen) atoms. The van der Waals surface area contributed by atoms with Crippen LogP contribution in [-0.2, 0) is 0 Å². The van der Waals surface area contributed by atoms with Gasteiger partial charge in [0, 0.05) is 12.2 Å². The Labute approximate surface area is 68.2 Å². The van der Waals surface area contributed by atoms with Crippen LogP contribution >= 0.6 is 0 Å². The van der Waals surface area contributed by atoms with Crippen molar-refractivity contribution in [2.75, 3.05) is 6.54 Å². The molecule has 1 nitrogen and oxygen atoms in total. The average Bonchev–Trinajstić information content (AvgIpc) is 2.06. The van der Waals surface area contributed by atoms with Crippen molar-refractivity contribution < 1.29 is 0 Å². The van der Waals surface area contributed by atoms with Gasteiger partial charge in [0.05, 0.1) is 0 Å². The predicted molar refractivity (Wildman–Crippen MR) is 47.2 cm³/mol. The number of piperidine rings is 1. The highest BCUT2D eigenvalue weighted by Crippen LogP contribution is 2.28. The molecule has 0 aromatic rings. The van der Waals surface area contributed by atoms with Crippen LogP contribution in [0.1, 0.15) is 26.2 Å². The molecular formula is C10H15N. The van der Waals surface area contributed by atoms with Crippen molar-refractivity contribution in [3.8, 4) is 0 Å². The van der Waals surface area contributed by atoms with Gasteiger partial charge in [-0.15, -0.1) is 0 Å². The van der Waals surface area contributed by atoms with Crippen molar-refractivity contribution in [2.45, 2.75) is 26.2 Å². The second-order valence-electron chi connectivity index (χ2n) is 3.47. The van der Waals surface area contributed by atoms with Crippen molar-refractivity contribution in [3.05, 3.63) is 23.4 Å². The molecule has 1 aliphatic carbocycles. The molecule has 0 saturated carbocycles. The van der Waals surface area contributed by atoms with E-state index in [1.807, 2.05) is 0 Å². The van der Waals surface area contributed by atoms with Gasteiger partial charge in [0.25, 0.3) is 0 Å². The van der Waals surface area contributed by atoms with Gasteiger partial charge in [0.15, 0.2) is 0 Å². The molecule has 1 atom stereocenters. The number of fused-ring (bicyclic) bond motifs is 1. The fourth-order valence-electron chi connectivity index (χ4n) is 1.91. The van der Waals surface area contributed by atoms with Crippen LogP contribution in [0.2, 0.25) is 0 Å². The molecule has 0 aromatic heterocycles. The topological polar surface area (TPSA) is 12.0 Å². The van der Waals surface area contributed by atoms with Gasteiger partial charge in [-0.2, -0.15) is 0 Å². The fourth-order valence-corrected chi connectivity index (χ4v) is 1.91. The Morgan fingerprint density at radius 1 is 1.36 bits per heavy atom. The zero-order valence-corrected chi connectivity index (χ0v) is 7.06. The normalized spacial score (nSPS) is 29.7. The second-order valence-corrected chi connectivity index (χ2v) is 3.47. The Bertz CT molecular complexity index is 213. The third-order valence-corrected chi connectivity index (χ3v) is 2.61. The molecule has 0 amide bonds. The molecule has 0 aromatic carbocycles. The van der Waals surface area contributed by atoms with E-state index in [9.17, 15) is 0 Å². The molecule has 60 valence electrons. The van der Waals surface area contributed by atoms with Crippen LogP contribution in [0, 0.1) is 5.92 Å². The lowest BCUT2D eigenvalue weighted by Gasteiger charge is -2.28. The summed E-state index contributed by atoms with van der Waals surface area (Å²) in [7, 11) is 0. The molecule has 1 unspecified atom stereocenters. The zero-order valence-electron chi connectivity index (χ0n) is 7.06. The molecule has 1 heterocycles. The van der Waals surface area contributed by atoms with E-state index in [0.717, 1.165) is 12.5 Å². The molecule has 0 spiro atoms. The molecule has 1 heteroatoms. The summed E-state index contributed by atoms with van der Waals surface area (Å²) in [6, 6.07) is 0. The average molecular weight is 149 g/mol. The van der Waals surface area contributed by atoms with E-state index in [1.165, 1.54) is 25.0 Å². The summed E-state index contributed by atoms with van der Waals surface area (Å²) in [6.45, 7) is 3.48. The van der Waals surface area contributed by atoms with E-state index in [2.05, 4.69) is 24.4 Å². The van der Waals surface area contributed by atoms with E-state index in [0.29, 0.717) is 0 Å². The van der Waals surface area contributed by atoms with Gasteiger partial charge < -0.3 is 5.32 Å². The van der Waals surface area contributed by atoms with E-state index < -0.39 is 0 Å². The number of hydrogen-bond acceptors (Lipinski definition) is 1. The summed E-state index contributed by atoms with van der Waals surface area (Å²) >= 11 is 0. The molecule has 2 aliphatic rings. The molecular weight excluding hydrogens is 134 g/mol. The van der Waals surface area contributed by atoms with Crippen molar-refractivity contribution in [1.82, 2.24) is 5.32 Å². The van der Waals surface area contributed by atoms with Gasteiger partial charge in [-0.05, 0) is 30.8 Å². The minimum Gasteiger partial charge on any atom is -0.385 e. The minimum atomic E-state index is 0.780. The van der Waals surface area contributed by atoms with Gasteiger partial charge in [0.1, 0.15) is 0 Å². The smallest absolute Gasteiger partial charge is 0.0331 e. The van der Waals surface area contributed by atoms with Crippen molar-refractivity contribution in [2.24, 2.45) is 5.92 Å². The van der Waals surface area contributed by atoms with Crippen LogP contribution in [-0.4, -0.2) is 6.54 Å². The Hall–Kier alpha value is -0.720. The highest BCUT2D eigenvalue weighted by atomic mass is 14.9. The highest BCUT2D eigenvalue weighted by molar-refractivity contribution is 5.35. The van der Waals surface area contributed by atoms with Crippen molar-refractivity contribution in [1.29, 1.82) is 0 Å². The maximum absolute atomic E-state index is 3.44. The molecule has 1 N–H and O–H groups in total. The van der Waals surface area contributed by atoms with Crippen LogP contribution < -0.4 is 5.32 Å². The number of hydrogen-bond donors (Lipinski definition) is 1. The number of nitrogens with one attached hydrogen (secondary N) is 1. The maximum Gasteiger partial charge on any atom is 0.0331 e. The molecule has 0 bridgehead atoms. The molecule has 2 rings (SSSR count). The predicted octanol–water partition coefficient (Wildman–Crippen LogP) is 2.22. The Morgan fingerprint density at radius 2 is 2.18 bits per heavy atom. The lowest BCUT2D eigenvalue weighted by Crippen LogP contribution is -2.28. The first kappa shape index (κ1) is 6.96. The highest BCUT2D eigenvalue weighted by Gasteiger charge is 2.19. The largest absolute Gasteiger partial charge is 0.385 e. The summed E-state index contributed by atoms with van der Waals surface area (Å²) in [5.74, 6) is 0.780. The molecule has 1 aliphatic heterocycles. The monoisotopic (exact) mass is 149 g/mol. The van der Waals surface area contributed by atoms with Gasteiger partial charge >= 0.3 is 0 Å². The molecule has 1 fully saturated rings. The third-order valence-electron chi connectivity index (χ3n) is 2.61. The van der Waals surface area contributed by atoms with Gasteiger partial charge in [-0.1, -0.05) is 19.1 Å². The number of rotatable bonds is 0. The third kappa shape index (κ3) is 1.20. The van der Waals surface area contributed by atoms with Gasteiger partial charge in [-0.3, -0.25) is 0 Å². The van der Waals surface area contributed by atoms with Crippen LogP contribution in [0.25, 0.3) is 0 Å². The van der Waals surface area contributed by atoms with E-state index >= 15 is 0 Å². The Morgan fingerprint density at radius 3 is 3.00 bits per heavy atom. The Kier molecular flexibility index (Phi) is 1.72. The zero-order chi connectivity index (χ0) is 7.68. The maximum atomic E-state index is 3.44. The van der Waals surface area contributed by atoms with Crippen LogP contribution in [0.3, 0.4) is 0 Å². The lowest BCUT2D eigenvalue weighted by molar-refractivity contribution is 0.530. The first-order valence-corrected chi connectivity index (χ1v) is 4.52. The quantitative estimate of drug-likeness (QED) is 0.557. The number of allylic oxidation sites excluding steroid dienone is 3. The standard InChI is InChI=1S/C10H15N/c1-8-6-7-11-10-5-3-2-4-9(8)10/h4-5,8,11H,2-3,6-7H2,1H3. The van der Waals surface area contributed by atoms with E-state index in [1.54, 1.807) is 5.57 Å². The van der Waals surface area contributed by atoms with Crippen LogP contribution in [0.4, 0.5) is 0 Å². The summed E-state index contributed by atoms with van der Waals surface area (Å²) < 4.78 is 0. The van der Waals surface area contributed by atoms with Crippen LogP contribution in [0.5, 0.6) is 0 Å². The first-order valence-electron chi connectivity index (χ1n) is 4.52. The van der Waals surface area contributed by atoms with Gasteiger partial charge in [0.2, 0.25) is 0 Å². The van der Waals surface area contributed by atoms with E-state index in [-0.39, 0.29) is 0 Å². The SMILES string of the molecule is CC1CCNC2=CCCC=C21. The van der Waals surface area contributed by atoms with E-state index in [4.69, 9.17) is 0 Å². The molecule has 1 saturated heterocycles. The van der Waals surface area contributed by atoms with Crippen molar-refractivity contribution in [3.63, 3.8) is 0 Å². The molecule has 0 radical (unpaired) electrons. The second kappa shape index (κ2) is 2.72. The minimum absolute atomic E-state index is 0.780. The van der Waals surface area contributed by atoms with Crippen LogP contribution in [0.15, 0.2) is 23.4 Å².